The van der Waals surface area contributed by atoms with Crippen LogP contribution in [0.15, 0.2) is 42.5 Å². The highest BCUT2D eigenvalue weighted by Crippen LogP contribution is 2.09. The monoisotopic (exact) mass is 349 g/mol. The zero-order valence-electron chi connectivity index (χ0n) is 15.0. The minimum Gasteiger partial charge on any atom is -0.467 e. The van der Waals surface area contributed by atoms with E-state index >= 15 is 0 Å². The van der Waals surface area contributed by atoms with Gasteiger partial charge in [0.05, 0.1) is 19.8 Å². The van der Waals surface area contributed by atoms with Crippen LogP contribution in [0.3, 0.4) is 0 Å². The SMILES string of the molecule is COC(=O)[C@H](Cc1ccccc1)NC(=O)C/C=C/[C@@H](C)[C@@H](CO)OC. The fourth-order valence-corrected chi connectivity index (χ4v) is 2.41. The molecule has 0 aromatic heterocycles. The lowest BCUT2D eigenvalue weighted by molar-refractivity contribution is -0.144. The lowest BCUT2D eigenvalue weighted by atomic mass is 10.0. The molecule has 6 nitrogen and oxygen atoms in total. The Bertz CT molecular complexity index is 554. The summed E-state index contributed by atoms with van der Waals surface area (Å²) in [6, 6.07) is 8.70. The van der Waals surface area contributed by atoms with Crippen LogP contribution in [0.2, 0.25) is 0 Å². The summed E-state index contributed by atoms with van der Waals surface area (Å²) in [6.45, 7) is 1.81. The molecule has 0 aliphatic heterocycles. The Morgan fingerprint density at radius 2 is 1.92 bits per heavy atom. The maximum atomic E-state index is 12.1. The van der Waals surface area contributed by atoms with Gasteiger partial charge < -0.3 is 19.9 Å². The van der Waals surface area contributed by atoms with E-state index in [4.69, 9.17) is 14.6 Å². The third-order valence-electron chi connectivity index (χ3n) is 3.92. The number of nitrogens with one attached hydrogen (secondary N) is 1. The van der Waals surface area contributed by atoms with E-state index in [0.717, 1.165) is 5.56 Å². The summed E-state index contributed by atoms with van der Waals surface area (Å²) < 4.78 is 9.91. The van der Waals surface area contributed by atoms with Crippen LogP contribution >= 0.6 is 0 Å². The van der Waals surface area contributed by atoms with Gasteiger partial charge in [0, 0.05) is 25.9 Å². The lowest BCUT2D eigenvalue weighted by Crippen LogP contribution is -2.42. The molecule has 0 bridgehead atoms. The second kappa shape index (κ2) is 11.4. The van der Waals surface area contributed by atoms with Gasteiger partial charge in [0.1, 0.15) is 6.04 Å². The summed E-state index contributed by atoms with van der Waals surface area (Å²) >= 11 is 0. The van der Waals surface area contributed by atoms with Crippen LogP contribution in [0.4, 0.5) is 0 Å². The molecule has 0 fully saturated rings. The second-order valence-electron chi connectivity index (χ2n) is 5.78. The largest absolute Gasteiger partial charge is 0.467 e. The van der Waals surface area contributed by atoms with Gasteiger partial charge in [-0.15, -0.1) is 0 Å². The number of carbonyl (C=O) groups excluding carboxylic acids is 2. The highest BCUT2D eigenvalue weighted by Gasteiger charge is 2.21. The average molecular weight is 349 g/mol. The number of esters is 1. The first-order valence-electron chi connectivity index (χ1n) is 8.23. The van der Waals surface area contributed by atoms with E-state index in [1.165, 1.54) is 14.2 Å². The molecule has 3 atom stereocenters. The Balaban J connectivity index is 2.59. The molecule has 0 aliphatic rings. The predicted molar refractivity (Wildman–Crippen MR) is 94.9 cm³/mol. The maximum absolute atomic E-state index is 12.1. The van der Waals surface area contributed by atoms with Gasteiger partial charge in [0.15, 0.2) is 0 Å². The number of benzene rings is 1. The number of rotatable bonds is 10. The van der Waals surface area contributed by atoms with Crippen molar-refractivity contribution in [3.05, 3.63) is 48.0 Å². The minimum absolute atomic E-state index is 0.0245. The summed E-state index contributed by atoms with van der Waals surface area (Å²) in [5, 5.41) is 11.9. The normalized spacial score (nSPS) is 14.7. The summed E-state index contributed by atoms with van der Waals surface area (Å²) in [5.74, 6) is -0.773. The average Bonchev–Trinajstić information content (AvgIpc) is 2.62. The van der Waals surface area contributed by atoms with Crippen molar-refractivity contribution in [2.75, 3.05) is 20.8 Å². The van der Waals surface area contributed by atoms with Gasteiger partial charge >= 0.3 is 5.97 Å². The van der Waals surface area contributed by atoms with E-state index in [1.807, 2.05) is 43.3 Å². The summed E-state index contributed by atoms with van der Waals surface area (Å²) in [4.78, 5) is 24.0. The lowest BCUT2D eigenvalue weighted by Gasteiger charge is -2.17. The van der Waals surface area contributed by atoms with Crippen molar-refractivity contribution >= 4 is 11.9 Å². The van der Waals surface area contributed by atoms with E-state index in [1.54, 1.807) is 6.08 Å². The van der Waals surface area contributed by atoms with Crippen LogP contribution in [-0.2, 0) is 25.5 Å². The van der Waals surface area contributed by atoms with Crippen LogP contribution in [0.25, 0.3) is 0 Å². The van der Waals surface area contributed by atoms with Gasteiger partial charge in [0.2, 0.25) is 5.91 Å². The Labute approximate surface area is 148 Å². The van der Waals surface area contributed by atoms with Crippen molar-refractivity contribution < 1.29 is 24.2 Å². The molecule has 1 aromatic rings. The van der Waals surface area contributed by atoms with E-state index in [2.05, 4.69) is 5.32 Å². The van der Waals surface area contributed by atoms with Crippen LogP contribution < -0.4 is 5.32 Å². The molecule has 1 amide bonds. The molecule has 2 N–H and O–H groups in total. The van der Waals surface area contributed by atoms with Crippen LogP contribution in [0, 0.1) is 5.92 Å². The highest BCUT2D eigenvalue weighted by atomic mass is 16.5. The molecule has 0 spiro atoms. The minimum atomic E-state index is -0.727. The van der Waals surface area contributed by atoms with Crippen molar-refractivity contribution in [1.29, 1.82) is 0 Å². The van der Waals surface area contributed by atoms with Crippen LogP contribution in [-0.4, -0.2) is 50.0 Å². The first-order valence-corrected chi connectivity index (χ1v) is 8.23. The zero-order valence-corrected chi connectivity index (χ0v) is 15.0. The molecule has 25 heavy (non-hydrogen) atoms. The summed E-state index contributed by atoms with van der Waals surface area (Å²) in [6.07, 6.45) is 3.72. The molecule has 6 heteroatoms. The van der Waals surface area contributed by atoms with Gasteiger partial charge in [-0.3, -0.25) is 4.79 Å². The third-order valence-corrected chi connectivity index (χ3v) is 3.92. The number of amides is 1. The predicted octanol–water partition coefficient (Wildman–Crippen LogP) is 1.48. The molecule has 0 unspecified atom stereocenters. The van der Waals surface area contributed by atoms with Crippen LogP contribution in [0.1, 0.15) is 18.9 Å². The van der Waals surface area contributed by atoms with E-state index in [9.17, 15) is 9.59 Å². The Hall–Kier alpha value is -2.18. The molecule has 1 rings (SSSR count). The first kappa shape index (κ1) is 20.9. The van der Waals surface area contributed by atoms with E-state index < -0.39 is 12.0 Å². The molecule has 0 saturated carbocycles. The number of hydrogen-bond acceptors (Lipinski definition) is 5. The van der Waals surface area contributed by atoms with Gasteiger partial charge in [-0.25, -0.2) is 4.79 Å². The molecule has 1 aromatic carbocycles. The maximum Gasteiger partial charge on any atom is 0.328 e. The molecule has 0 radical (unpaired) electrons. The van der Waals surface area contributed by atoms with Gasteiger partial charge in [-0.2, -0.15) is 0 Å². The highest BCUT2D eigenvalue weighted by molar-refractivity contribution is 5.85. The molecule has 0 aliphatic carbocycles. The second-order valence-corrected chi connectivity index (χ2v) is 5.78. The standard InChI is InChI=1S/C19H27NO5/c1-14(17(13-21)24-2)8-7-11-18(22)20-16(19(23)25-3)12-15-9-5-4-6-10-15/h4-10,14,16-17,21H,11-13H2,1-3H3,(H,20,22)/b8-7+/t14-,16+,17-/m1/s1. The molecular formula is C19H27NO5. The number of hydrogen-bond donors (Lipinski definition) is 2. The topological polar surface area (TPSA) is 84.9 Å². The zero-order chi connectivity index (χ0) is 18.7. The van der Waals surface area contributed by atoms with Crippen LogP contribution in [0.5, 0.6) is 0 Å². The number of aliphatic hydroxyl groups is 1. The number of methoxy groups -OCH3 is 2. The quantitative estimate of drug-likeness (QED) is 0.494. The third kappa shape index (κ3) is 7.49. The molecular weight excluding hydrogens is 322 g/mol. The first-order chi connectivity index (χ1) is 12.0. The van der Waals surface area contributed by atoms with Crippen molar-refractivity contribution in [2.45, 2.75) is 31.9 Å². The Morgan fingerprint density at radius 3 is 2.48 bits per heavy atom. The summed E-state index contributed by atoms with van der Waals surface area (Å²) in [7, 11) is 2.83. The molecule has 0 heterocycles. The van der Waals surface area contributed by atoms with Crippen molar-refractivity contribution in [1.82, 2.24) is 5.32 Å². The molecule has 138 valence electrons. The van der Waals surface area contributed by atoms with Gasteiger partial charge in [-0.1, -0.05) is 49.4 Å². The Kier molecular flexibility index (Phi) is 9.50. The fourth-order valence-electron chi connectivity index (χ4n) is 2.41. The van der Waals surface area contributed by atoms with Gasteiger partial charge in [0.25, 0.3) is 0 Å². The van der Waals surface area contributed by atoms with E-state index in [-0.39, 0.29) is 31.0 Å². The number of ether oxygens (including phenoxy) is 2. The van der Waals surface area contributed by atoms with Crippen molar-refractivity contribution in [3.63, 3.8) is 0 Å². The van der Waals surface area contributed by atoms with Crippen molar-refractivity contribution in [2.24, 2.45) is 5.92 Å². The number of carbonyl (C=O) groups is 2. The Morgan fingerprint density at radius 1 is 1.24 bits per heavy atom. The smallest absolute Gasteiger partial charge is 0.328 e. The number of aliphatic hydroxyl groups excluding tert-OH is 1. The van der Waals surface area contributed by atoms with Gasteiger partial charge in [-0.05, 0) is 5.56 Å². The summed E-state index contributed by atoms with van der Waals surface area (Å²) in [5.41, 5.74) is 0.938. The fraction of sp³-hybridized carbons (Fsp3) is 0.474. The van der Waals surface area contributed by atoms with E-state index in [0.29, 0.717) is 6.42 Å². The molecule has 0 saturated heterocycles. The van der Waals surface area contributed by atoms with Crippen molar-refractivity contribution in [3.8, 4) is 0 Å².